The van der Waals surface area contributed by atoms with Crippen molar-refractivity contribution in [3.8, 4) is 0 Å². The Morgan fingerprint density at radius 1 is 0.476 bits per heavy atom. The van der Waals surface area contributed by atoms with Crippen molar-refractivity contribution in [1.29, 1.82) is 0 Å². The molecular formula is C57H103NO5. The van der Waals surface area contributed by atoms with Crippen LogP contribution >= 0.6 is 0 Å². The maximum absolute atomic E-state index is 13.2. The molecule has 0 aliphatic rings. The van der Waals surface area contributed by atoms with Gasteiger partial charge in [-0.2, -0.15) is 0 Å². The third-order valence-corrected chi connectivity index (χ3v) is 12.1. The van der Waals surface area contributed by atoms with Crippen LogP contribution in [0.25, 0.3) is 0 Å². The summed E-state index contributed by atoms with van der Waals surface area (Å²) in [5, 5.41) is 23.8. The lowest BCUT2D eigenvalue weighted by atomic mass is 10.0. The summed E-state index contributed by atoms with van der Waals surface area (Å²) in [5.41, 5.74) is 0. The number of rotatable bonds is 48. The van der Waals surface area contributed by atoms with Crippen molar-refractivity contribution in [3.05, 3.63) is 60.8 Å². The minimum atomic E-state index is -0.797. The van der Waals surface area contributed by atoms with Gasteiger partial charge in [0, 0.05) is 6.42 Å². The molecule has 0 bridgehead atoms. The van der Waals surface area contributed by atoms with E-state index >= 15 is 0 Å². The van der Waals surface area contributed by atoms with Gasteiger partial charge >= 0.3 is 5.97 Å². The molecule has 0 aromatic heterocycles. The molecule has 6 heteroatoms. The summed E-state index contributed by atoms with van der Waals surface area (Å²) < 4.78 is 5.92. The molecule has 0 saturated heterocycles. The SMILES string of the molecule is CC/C=C\C/C=C\C/C=C\C/C=C\C/C=C\CCCC(=O)OC(CCCCCCCCCCCCCCCC)CC(=O)NC(CO)C(O)CCCCCCCCCCCCCCC. The predicted octanol–water partition coefficient (Wildman–Crippen LogP) is 16.4. The number of carbonyl (C=O) groups is 2. The second-order valence-corrected chi connectivity index (χ2v) is 18.3. The quantitative estimate of drug-likeness (QED) is 0.0321. The Hall–Kier alpha value is -2.44. The van der Waals surface area contributed by atoms with Crippen LogP contribution in [0, 0.1) is 0 Å². The molecule has 0 fully saturated rings. The topological polar surface area (TPSA) is 95.9 Å². The molecule has 0 rings (SSSR count). The van der Waals surface area contributed by atoms with E-state index in [1.54, 1.807) is 0 Å². The van der Waals surface area contributed by atoms with E-state index in [1.165, 1.54) is 135 Å². The highest BCUT2D eigenvalue weighted by Crippen LogP contribution is 2.18. The maximum atomic E-state index is 13.2. The number of carbonyl (C=O) groups excluding carboxylic acids is 2. The normalized spacial score (nSPS) is 13.7. The monoisotopic (exact) mass is 882 g/mol. The van der Waals surface area contributed by atoms with Crippen molar-refractivity contribution < 1.29 is 24.5 Å². The standard InChI is InChI=1S/C57H103NO5/c1-4-7-10-13-16-19-22-25-27-28-29-32-35-38-41-44-47-50-57(62)63-53(48-45-42-39-36-33-31-26-23-20-17-14-11-8-5-2)51-56(61)58-54(52-59)55(60)49-46-43-40-37-34-30-24-21-18-15-12-9-6-3/h7,10,16,19,25,27,29,32,38,41,53-55,59-60H,4-6,8-9,11-15,17-18,20-24,26,28,30-31,33-37,39-40,42-52H2,1-3H3,(H,58,61)/b10-7-,19-16-,27-25-,32-29-,41-38-. The lowest BCUT2D eigenvalue weighted by Crippen LogP contribution is -2.46. The summed E-state index contributed by atoms with van der Waals surface area (Å²) in [4.78, 5) is 26.2. The molecule has 0 heterocycles. The Bertz CT molecular complexity index is 1130. The minimum absolute atomic E-state index is 0.0565. The first-order valence-electron chi connectivity index (χ1n) is 27.0. The van der Waals surface area contributed by atoms with E-state index in [-0.39, 0.29) is 24.9 Å². The van der Waals surface area contributed by atoms with Crippen molar-refractivity contribution in [2.24, 2.45) is 0 Å². The zero-order valence-electron chi connectivity index (χ0n) is 41.7. The Labute approximate surface area is 390 Å². The Kier molecular flexibility index (Phi) is 48.6. The van der Waals surface area contributed by atoms with Crippen molar-refractivity contribution >= 4 is 11.9 Å². The number of hydrogen-bond donors (Lipinski definition) is 3. The number of amides is 1. The summed E-state index contributed by atoms with van der Waals surface area (Å²) in [7, 11) is 0. The number of aliphatic hydroxyl groups excluding tert-OH is 2. The molecule has 0 radical (unpaired) electrons. The number of allylic oxidation sites excluding steroid dienone is 10. The summed E-state index contributed by atoms with van der Waals surface area (Å²) >= 11 is 0. The van der Waals surface area contributed by atoms with Crippen LogP contribution in [0.15, 0.2) is 60.8 Å². The zero-order valence-corrected chi connectivity index (χ0v) is 41.7. The lowest BCUT2D eigenvalue weighted by Gasteiger charge is -2.24. The second-order valence-electron chi connectivity index (χ2n) is 18.3. The molecule has 0 aliphatic heterocycles. The molecule has 3 N–H and O–H groups in total. The highest BCUT2D eigenvalue weighted by atomic mass is 16.5. The van der Waals surface area contributed by atoms with Crippen LogP contribution in [-0.4, -0.2) is 46.9 Å². The van der Waals surface area contributed by atoms with E-state index in [0.29, 0.717) is 25.7 Å². The fourth-order valence-corrected chi connectivity index (χ4v) is 8.06. The van der Waals surface area contributed by atoms with Gasteiger partial charge < -0.3 is 20.3 Å². The van der Waals surface area contributed by atoms with Crippen molar-refractivity contribution in [2.75, 3.05) is 6.61 Å². The van der Waals surface area contributed by atoms with Crippen LogP contribution in [0.4, 0.5) is 0 Å². The molecule has 0 aliphatic carbocycles. The van der Waals surface area contributed by atoms with E-state index in [9.17, 15) is 19.8 Å². The molecule has 0 aromatic carbocycles. The highest BCUT2D eigenvalue weighted by molar-refractivity contribution is 5.77. The maximum Gasteiger partial charge on any atom is 0.306 e. The van der Waals surface area contributed by atoms with Crippen LogP contribution in [0.3, 0.4) is 0 Å². The zero-order chi connectivity index (χ0) is 45.9. The van der Waals surface area contributed by atoms with Gasteiger partial charge in [-0.15, -0.1) is 0 Å². The predicted molar refractivity (Wildman–Crippen MR) is 273 cm³/mol. The molecule has 3 atom stereocenters. The van der Waals surface area contributed by atoms with Gasteiger partial charge in [0.2, 0.25) is 5.91 Å². The number of ether oxygens (including phenoxy) is 1. The number of nitrogens with one attached hydrogen (secondary N) is 1. The van der Waals surface area contributed by atoms with Crippen molar-refractivity contribution in [2.45, 2.75) is 283 Å². The first-order chi connectivity index (χ1) is 31.0. The highest BCUT2D eigenvalue weighted by Gasteiger charge is 2.24. The smallest absolute Gasteiger partial charge is 0.306 e. The third-order valence-electron chi connectivity index (χ3n) is 12.1. The molecule has 0 aromatic rings. The Morgan fingerprint density at radius 3 is 1.24 bits per heavy atom. The third kappa shape index (κ3) is 45.9. The average molecular weight is 882 g/mol. The average Bonchev–Trinajstić information content (AvgIpc) is 3.28. The van der Waals surface area contributed by atoms with Crippen molar-refractivity contribution in [3.63, 3.8) is 0 Å². The van der Waals surface area contributed by atoms with Gasteiger partial charge in [-0.3, -0.25) is 9.59 Å². The fourth-order valence-electron chi connectivity index (χ4n) is 8.06. The summed E-state index contributed by atoms with van der Waals surface area (Å²) in [6.07, 6.45) is 62.8. The van der Waals surface area contributed by atoms with Gasteiger partial charge in [0.05, 0.1) is 25.2 Å². The van der Waals surface area contributed by atoms with Gasteiger partial charge in [-0.05, 0) is 64.2 Å². The number of aliphatic hydroxyl groups is 2. The summed E-state index contributed by atoms with van der Waals surface area (Å²) in [5.74, 6) is -0.535. The Balaban J connectivity index is 4.65. The minimum Gasteiger partial charge on any atom is -0.462 e. The van der Waals surface area contributed by atoms with Crippen LogP contribution in [0.2, 0.25) is 0 Å². The largest absolute Gasteiger partial charge is 0.462 e. The second kappa shape index (κ2) is 50.6. The van der Waals surface area contributed by atoms with E-state index in [4.69, 9.17) is 4.74 Å². The van der Waals surface area contributed by atoms with Gasteiger partial charge in [-0.1, -0.05) is 248 Å². The van der Waals surface area contributed by atoms with Crippen LogP contribution in [0.5, 0.6) is 0 Å². The van der Waals surface area contributed by atoms with Gasteiger partial charge in [0.15, 0.2) is 0 Å². The molecule has 0 saturated carbocycles. The van der Waals surface area contributed by atoms with E-state index in [0.717, 1.165) is 77.0 Å². The number of hydrogen-bond acceptors (Lipinski definition) is 5. The van der Waals surface area contributed by atoms with Gasteiger partial charge in [0.25, 0.3) is 0 Å². The van der Waals surface area contributed by atoms with Crippen LogP contribution in [0.1, 0.15) is 265 Å². The fraction of sp³-hybridized carbons (Fsp3) is 0.789. The number of unbranched alkanes of at least 4 members (excludes halogenated alkanes) is 26. The van der Waals surface area contributed by atoms with Gasteiger partial charge in [0.1, 0.15) is 6.10 Å². The first kappa shape index (κ1) is 60.6. The van der Waals surface area contributed by atoms with E-state index in [1.807, 2.05) is 0 Å². The lowest BCUT2D eigenvalue weighted by molar-refractivity contribution is -0.151. The summed E-state index contributed by atoms with van der Waals surface area (Å²) in [6, 6.07) is -0.712. The van der Waals surface area contributed by atoms with E-state index < -0.39 is 18.2 Å². The van der Waals surface area contributed by atoms with Crippen LogP contribution < -0.4 is 5.32 Å². The molecule has 0 spiro atoms. The van der Waals surface area contributed by atoms with Gasteiger partial charge in [-0.25, -0.2) is 0 Å². The summed E-state index contributed by atoms with van der Waals surface area (Å²) in [6.45, 7) is 6.37. The van der Waals surface area contributed by atoms with E-state index in [2.05, 4.69) is 86.8 Å². The molecule has 6 nitrogen and oxygen atoms in total. The Morgan fingerprint density at radius 2 is 0.841 bits per heavy atom. The van der Waals surface area contributed by atoms with Crippen molar-refractivity contribution in [1.82, 2.24) is 5.32 Å². The van der Waals surface area contributed by atoms with Crippen LogP contribution in [-0.2, 0) is 14.3 Å². The number of esters is 1. The molecular weight excluding hydrogens is 779 g/mol. The first-order valence-corrected chi connectivity index (χ1v) is 27.0. The molecule has 1 amide bonds. The molecule has 63 heavy (non-hydrogen) atoms. The molecule has 3 unspecified atom stereocenters. The molecule has 366 valence electrons.